The third-order valence-electron chi connectivity index (χ3n) is 3.81. The number of para-hydroxylation sites is 1. The molecule has 2 aromatic rings. The summed E-state index contributed by atoms with van der Waals surface area (Å²) in [5, 5.41) is 5.29. The molecule has 0 aromatic heterocycles. The van der Waals surface area contributed by atoms with Crippen molar-refractivity contribution in [3.8, 4) is 0 Å². The first-order valence-corrected chi connectivity index (χ1v) is 7.75. The molecule has 0 spiro atoms. The largest absolute Gasteiger partial charge is 0.465 e. The van der Waals surface area contributed by atoms with E-state index in [9.17, 15) is 14.4 Å². The Hall–Kier alpha value is -3.15. The molecule has 0 bridgehead atoms. The van der Waals surface area contributed by atoms with Crippen molar-refractivity contribution in [1.82, 2.24) is 0 Å². The molecule has 0 radical (unpaired) electrons. The van der Waals surface area contributed by atoms with Gasteiger partial charge in [-0.1, -0.05) is 24.3 Å². The summed E-state index contributed by atoms with van der Waals surface area (Å²) in [6.07, 6.45) is -0.358. The van der Waals surface area contributed by atoms with Crippen LogP contribution in [0.3, 0.4) is 0 Å². The van der Waals surface area contributed by atoms with Gasteiger partial charge in [0.15, 0.2) is 0 Å². The maximum atomic E-state index is 12.1. The van der Waals surface area contributed by atoms with E-state index in [1.807, 2.05) is 26.0 Å². The van der Waals surface area contributed by atoms with Gasteiger partial charge in [0.05, 0.1) is 18.4 Å². The van der Waals surface area contributed by atoms with E-state index in [-0.39, 0.29) is 12.0 Å². The number of carbonyl (C=O) groups excluding carboxylic acids is 3. The second kappa shape index (κ2) is 8.10. The van der Waals surface area contributed by atoms with Gasteiger partial charge in [-0.3, -0.25) is 9.59 Å². The van der Waals surface area contributed by atoms with Crippen molar-refractivity contribution in [3.63, 3.8) is 0 Å². The number of methoxy groups -OCH3 is 1. The van der Waals surface area contributed by atoms with E-state index in [1.165, 1.54) is 13.2 Å². The average molecular weight is 340 g/mol. The minimum Gasteiger partial charge on any atom is -0.465 e. The van der Waals surface area contributed by atoms with Crippen molar-refractivity contribution >= 4 is 29.2 Å². The van der Waals surface area contributed by atoms with Gasteiger partial charge in [0.2, 0.25) is 11.8 Å². The molecule has 0 unspecified atom stereocenters. The lowest BCUT2D eigenvalue weighted by Gasteiger charge is -2.11. The van der Waals surface area contributed by atoms with Crippen LogP contribution in [-0.2, 0) is 14.3 Å². The van der Waals surface area contributed by atoms with Crippen molar-refractivity contribution in [2.45, 2.75) is 20.3 Å². The summed E-state index contributed by atoms with van der Waals surface area (Å²) in [6, 6.07) is 12.0. The monoisotopic (exact) mass is 340 g/mol. The van der Waals surface area contributed by atoms with E-state index in [1.54, 1.807) is 24.3 Å². The van der Waals surface area contributed by atoms with Crippen molar-refractivity contribution in [2.24, 2.45) is 0 Å². The molecule has 6 nitrogen and oxygen atoms in total. The number of aryl methyl sites for hydroxylation is 1. The third-order valence-corrected chi connectivity index (χ3v) is 3.81. The van der Waals surface area contributed by atoms with E-state index in [0.29, 0.717) is 11.4 Å². The molecule has 130 valence electrons. The highest BCUT2D eigenvalue weighted by Crippen LogP contribution is 2.19. The smallest absolute Gasteiger partial charge is 0.339 e. The maximum absolute atomic E-state index is 12.1. The molecule has 2 N–H and O–H groups in total. The molecule has 0 atom stereocenters. The quantitative estimate of drug-likeness (QED) is 0.647. The summed E-state index contributed by atoms with van der Waals surface area (Å²) >= 11 is 0. The van der Waals surface area contributed by atoms with Crippen molar-refractivity contribution in [1.29, 1.82) is 0 Å². The number of rotatable bonds is 5. The molecule has 0 aliphatic rings. The number of esters is 1. The Morgan fingerprint density at radius 2 is 1.48 bits per heavy atom. The van der Waals surface area contributed by atoms with Crippen LogP contribution in [0.15, 0.2) is 42.5 Å². The van der Waals surface area contributed by atoms with Gasteiger partial charge >= 0.3 is 5.97 Å². The van der Waals surface area contributed by atoms with Crippen LogP contribution in [0.5, 0.6) is 0 Å². The van der Waals surface area contributed by atoms with Crippen LogP contribution >= 0.6 is 0 Å². The summed E-state index contributed by atoms with van der Waals surface area (Å²) in [6.45, 7) is 3.85. The first kappa shape index (κ1) is 18.2. The number of hydrogen-bond acceptors (Lipinski definition) is 4. The second-order valence-corrected chi connectivity index (χ2v) is 5.56. The molecule has 0 saturated carbocycles. The highest BCUT2D eigenvalue weighted by molar-refractivity contribution is 6.10. The van der Waals surface area contributed by atoms with Gasteiger partial charge in [-0.15, -0.1) is 0 Å². The van der Waals surface area contributed by atoms with Gasteiger partial charge in [0, 0.05) is 5.69 Å². The molecule has 0 aliphatic heterocycles. The molecule has 2 amide bonds. The molecule has 0 heterocycles. The fourth-order valence-electron chi connectivity index (χ4n) is 2.30. The van der Waals surface area contributed by atoms with Gasteiger partial charge in [-0.25, -0.2) is 4.79 Å². The van der Waals surface area contributed by atoms with Crippen LogP contribution in [0.4, 0.5) is 11.4 Å². The number of ether oxygens (including phenoxy) is 1. The Balaban J connectivity index is 2.02. The lowest BCUT2D eigenvalue weighted by Crippen LogP contribution is -2.22. The number of hydrogen-bond donors (Lipinski definition) is 2. The lowest BCUT2D eigenvalue weighted by atomic mass is 10.1. The van der Waals surface area contributed by atoms with Crippen LogP contribution in [0.25, 0.3) is 0 Å². The predicted molar refractivity (Wildman–Crippen MR) is 95.6 cm³/mol. The van der Waals surface area contributed by atoms with E-state index in [2.05, 4.69) is 15.4 Å². The maximum Gasteiger partial charge on any atom is 0.339 e. The average Bonchev–Trinajstić information content (AvgIpc) is 2.58. The summed E-state index contributed by atoms with van der Waals surface area (Å²) in [5.74, 6) is -1.50. The molecular weight excluding hydrogens is 320 g/mol. The second-order valence-electron chi connectivity index (χ2n) is 5.56. The number of amides is 2. The van der Waals surface area contributed by atoms with E-state index in [4.69, 9.17) is 0 Å². The fraction of sp³-hybridized carbons (Fsp3) is 0.211. The van der Waals surface area contributed by atoms with Crippen molar-refractivity contribution < 1.29 is 19.1 Å². The molecule has 25 heavy (non-hydrogen) atoms. The normalized spacial score (nSPS) is 10.0. The first-order chi connectivity index (χ1) is 11.9. The van der Waals surface area contributed by atoms with E-state index < -0.39 is 17.8 Å². The first-order valence-electron chi connectivity index (χ1n) is 7.75. The highest BCUT2D eigenvalue weighted by atomic mass is 16.5. The Labute approximate surface area is 146 Å². The van der Waals surface area contributed by atoms with E-state index in [0.717, 1.165) is 11.1 Å². The van der Waals surface area contributed by atoms with Crippen LogP contribution in [0.2, 0.25) is 0 Å². The van der Waals surface area contributed by atoms with E-state index >= 15 is 0 Å². The minimum absolute atomic E-state index is 0.230. The lowest BCUT2D eigenvalue weighted by molar-refractivity contribution is -0.123. The fourth-order valence-corrected chi connectivity index (χ4v) is 2.30. The van der Waals surface area contributed by atoms with Crippen LogP contribution in [0, 0.1) is 13.8 Å². The number of nitrogens with one attached hydrogen (secondary N) is 2. The minimum atomic E-state index is -0.560. The molecule has 0 saturated heterocycles. The van der Waals surface area contributed by atoms with Crippen molar-refractivity contribution in [3.05, 3.63) is 59.2 Å². The molecule has 0 fully saturated rings. The van der Waals surface area contributed by atoms with Crippen molar-refractivity contribution in [2.75, 3.05) is 17.7 Å². The molecule has 2 rings (SSSR count). The van der Waals surface area contributed by atoms with Crippen LogP contribution in [0.1, 0.15) is 27.9 Å². The van der Waals surface area contributed by atoms with Crippen LogP contribution in [-0.4, -0.2) is 24.9 Å². The summed E-state index contributed by atoms with van der Waals surface area (Å²) in [7, 11) is 1.26. The number of carbonyl (C=O) groups is 3. The Kier molecular flexibility index (Phi) is 5.89. The molecule has 0 aliphatic carbocycles. The number of anilines is 2. The van der Waals surface area contributed by atoms with Crippen LogP contribution < -0.4 is 10.6 Å². The predicted octanol–water partition coefficient (Wildman–Crippen LogP) is 3.06. The molecule has 6 heteroatoms. The Bertz CT molecular complexity index is 815. The van der Waals surface area contributed by atoms with Gasteiger partial charge in [-0.2, -0.15) is 0 Å². The molecular formula is C19H20N2O4. The van der Waals surface area contributed by atoms with Gasteiger partial charge in [0.1, 0.15) is 6.42 Å². The number of benzene rings is 2. The zero-order chi connectivity index (χ0) is 18.4. The highest BCUT2D eigenvalue weighted by Gasteiger charge is 2.16. The standard InChI is InChI=1S/C19H20N2O4/c1-12-7-6-10-15(13(12)2)20-17(22)11-18(23)21-16-9-5-4-8-14(16)19(24)25-3/h4-10H,11H2,1-3H3,(H,20,22)(H,21,23). The summed E-state index contributed by atoms with van der Waals surface area (Å²) in [4.78, 5) is 35.9. The Morgan fingerprint density at radius 3 is 2.16 bits per heavy atom. The molecule has 2 aromatic carbocycles. The zero-order valence-electron chi connectivity index (χ0n) is 14.4. The Morgan fingerprint density at radius 1 is 0.880 bits per heavy atom. The SMILES string of the molecule is COC(=O)c1ccccc1NC(=O)CC(=O)Nc1cccc(C)c1C. The van der Waals surface area contributed by atoms with Gasteiger partial charge in [-0.05, 0) is 43.2 Å². The summed E-state index contributed by atoms with van der Waals surface area (Å²) < 4.78 is 4.67. The third kappa shape index (κ3) is 4.67. The van der Waals surface area contributed by atoms with Gasteiger partial charge < -0.3 is 15.4 Å². The summed E-state index contributed by atoms with van der Waals surface area (Å²) in [5.41, 5.74) is 3.21. The topological polar surface area (TPSA) is 84.5 Å². The zero-order valence-corrected chi connectivity index (χ0v) is 14.4. The van der Waals surface area contributed by atoms with Gasteiger partial charge in [0.25, 0.3) is 0 Å².